The summed E-state index contributed by atoms with van der Waals surface area (Å²) >= 11 is 0. The van der Waals surface area contributed by atoms with Crippen molar-refractivity contribution in [2.75, 3.05) is 4.90 Å². The number of hydrogen-bond donors (Lipinski definition) is 0. The van der Waals surface area contributed by atoms with Crippen LogP contribution in [0.3, 0.4) is 0 Å². The molecule has 4 fully saturated rings. The number of anilines is 3. The maximum atomic E-state index is 2.64. The van der Waals surface area contributed by atoms with Gasteiger partial charge in [0.05, 0.1) is 11.4 Å². The molecule has 3 bridgehead atoms. The molecule has 0 aromatic heterocycles. The second-order valence-electron chi connectivity index (χ2n) is 17.7. The molecule has 0 N–H and O–H groups in total. The Balaban J connectivity index is 1.13. The number of benzene rings is 6. The van der Waals surface area contributed by atoms with Crippen LogP contribution >= 0.6 is 0 Å². The second kappa shape index (κ2) is 10.2. The van der Waals surface area contributed by atoms with E-state index in [9.17, 15) is 0 Å². The lowest BCUT2D eigenvalue weighted by atomic mass is 9.49. The van der Waals surface area contributed by atoms with E-state index >= 15 is 0 Å². The van der Waals surface area contributed by atoms with E-state index in [-0.39, 0.29) is 10.8 Å². The van der Waals surface area contributed by atoms with Crippen LogP contribution in [0.5, 0.6) is 0 Å². The highest BCUT2D eigenvalue weighted by molar-refractivity contribution is 5.99. The van der Waals surface area contributed by atoms with Crippen molar-refractivity contribution in [3.63, 3.8) is 0 Å². The summed E-state index contributed by atoms with van der Waals surface area (Å²) in [5.41, 5.74) is 18.7. The Morgan fingerprint density at radius 2 is 1.21 bits per heavy atom. The van der Waals surface area contributed by atoms with Crippen LogP contribution in [0.4, 0.5) is 17.1 Å². The molecule has 4 saturated carbocycles. The van der Waals surface area contributed by atoms with E-state index in [0.29, 0.717) is 5.41 Å². The largest absolute Gasteiger partial charge is 0.309 e. The van der Waals surface area contributed by atoms with Crippen molar-refractivity contribution in [2.45, 2.75) is 63.2 Å². The first-order valence-corrected chi connectivity index (χ1v) is 19.9. The van der Waals surface area contributed by atoms with Gasteiger partial charge in [0.1, 0.15) is 0 Å². The molecule has 6 aliphatic carbocycles. The Kier molecular flexibility index (Phi) is 5.80. The standard InChI is InChI=1S/C51H45N/c1-49(2)41-18-9-6-16-38(41)39-26-25-36(29-44(39)49)52(45-21-11-8-15-37(45)33-13-4-3-5-14-33)46-22-12-20-43-48(46)40-17-7-10-19-42(40)51(43)34-24-23-32-27-35-28-47(51)50(35,30-32)31-34/h3-22,25-26,29,32,34-35,47H,23-24,27-28,30-31H2,1-2H3. The van der Waals surface area contributed by atoms with Gasteiger partial charge < -0.3 is 4.90 Å². The molecule has 0 heterocycles. The number of rotatable bonds is 4. The summed E-state index contributed by atoms with van der Waals surface area (Å²) < 4.78 is 0. The topological polar surface area (TPSA) is 3.24 Å². The van der Waals surface area contributed by atoms with Gasteiger partial charge in [0.15, 0.2) is 0 Å². The van der Waals surface area contributed by atoms with Crippen molar-refractivity contribution >= 4 is 17.1 Å². The lowest BCUT2D eigenvalue weighted by molar-refractivity contribution is -0.0202. The molecule has 0 saturated heterocycles. The van der Waals surface area contributed by atoms with Crippen LogP contribution in [0.2, 0.25) is 0 Å². The summed E-state index contributed by atoms with van der Waals surface area (Å²) in [6.07, 6.45) is 8.66. The van der Waals surface area contributed by atoms with Crippen LogP contribution in [0.15, 0.2) is 140 Å². The highest BCUT2D eigenvalue weighted by Crippen LogP contribution is 2.82. The van der Waals surface area contributed by atoms with Gasteiger partial charge in [-0.15, -0.1) is 0 Å². The summed E-state index contributed by atoms with van der Waals surface area (Å²) in [6.45, 7) is 4.81. The van der Waals surface area contributed by atoms with Gasteiger partial charge in [0.25, 0.3) is 0 Å². The SMILES string of the molecule is CC1(C)c2ccccc2-c2ccc(N(c3ccccc3-c3ccccc3)c3cccc4c3-c3ccccc3C43C4CCC5CC6CC3C6(C5)C4)cc21. The van der Waals surface area contributed by atoms with Crippen LogP contribution in [0, 0.1) is 29.1 Å². The smallest absolute Gasteiger partial charge is 0.0543 e. The number of para-hydroxylation sites is 1. The predicted octanol–water partition coefficient (Wildman–Crippen LogP) is 13.2. The van der Waals surface area contributed by atoms with E-state index in [1.54, 1.807) is 11.1 Å². The summed E-state index contributed by atoms with van der Waals surface area (Å²) in [4.78, 5) is 2.64. The fraction of sp³-hybridized carbons (Fsp3) is 0.294. The average molecular weight is 672 g/mol. The molecule has 6 unspecified atom stereocenters. The van der Waals surface area contributed by atoms with Crippen LogP contribution in [-0.4, -0.2) is 0 Å². The Bertz CT molecular complexity index is 2450. The van der Waals surface area contributed by atoms with Gasteiger partial charge in [0, 0.05) is 27.6 Å². The van der Waals surface area contributed by atoms with E-state index < -0.39 is 0 Å². The van der Waals surface area contributed by atoms with Crippen molar-refractivity contribution in [3.05, 3.63) is 162 Å². The van der Waals surface area contributed by atoms with Gasteiger partial charge in [-0.05, 0) is 130 Å². The molecule has 6 aliphatic rings. The van der Waals surface area contributed by atoms with E-state index in [1.807, 2.05) is 0 Å². The summed E-state index contributed by atoms with van der Waals surface area (Å²) in [5.74, 6) is 3.43. The molecule has 52 heavy (non-hydrogen) atoms. The monoisotopic (exact) mass is 671 g/mol. The van der Waals surface area contributed by atoms with Crippen molar-refractivity contribution in [2.24, 2.45) is 29.1 Å². The van der Waals surface area contributed by atoms with E-state index in [0.717, 1.165) is 23.7 Å². The van der Waals surface area contributed by atoms with Gasteiger partial charge in [0.2, 0.25) is 0 Å². The minimum atomic E-state index is -0.0824. The first kappa shape index (κ1) is 29.7. The predicted molar refractivity (Wildman–Crippen MR) is 214 cm³/mol. The quantitative estimate of drug-likeness (QED) is 0.180. The zero-order valence-electron chi connectivity index (χ0n) is 30.3. The molecule has 254 valence electrons. The molecule has 2 spiro atoms. The molecule has 0 amide bonds. The first-order valence-electron chi connectivity index (χ1n) is 19.9. The molecule has 6 aromatic rings. The Morgan fingerprint density at radius 1 is 0.519 bits per heavy atom. The number of nitrogens with zero attached hydrogens (tertiary/aromatic N) is 1. The summed E-state index contributed by atoms with van der Waals surface area (Å²) in [7, 11) is 0. The molecular formula is C51H45N. The Morgan fingerprint density at radius 3 is 2.08 bits per heavy atom. The van der Waals surface area contributed by atoms with Crippen LogP contribution in [0.1, 0.15) is 74.6 Å². The fourth-order valence-corrected chi connectivity index (χ4v) is 13.6. The third kappa shape index (κ3) is 3.51. The maximum Gasteiger partial charge on any atom is 0.0543 e. The highest BCUT2D eigenvalue weighted by Gasteiger charge is 2.75. The van der Waals surface area contributed by atoms with Gasteiger partial charge in [-0.3, -0.25) is 0 Å². The third-order valence-electron chi connectivity index (χ3n) is 15.5. The van der Waals surface area contributed by atoms with Crippen molar-refractivity contribution in [1.82, 2.24) is 0 Å². The maximum absolute atomic E-state index is 2.64. The molecule has 1 heteroatoms. The molecule has 0 aliphatic heterocycles. The molecular weight excluding hydrogens is 627 g/mol. The van der Waals surface area contributed by atoms with Gasteiger partial charge in [-0.1, -0.05) is 136 Å². The lowest BCUT2D eigenvalue weighted by Crippen LogP contribution is -2.50. The van der Waals surface area contributed by atoms with Gasteiger partial charge in [-0.25, -0.2) is 0 Å². The van der Waals surface area contributed by atoms with Crippen LogP contribution in [-0.2, 0) is 10.8 Å². The number of hydrogen-bond acceptors (Lipinski definition) is 1. The average Bonchev–Trinajstić information content (AvgIpc) is 3.74. The zero-order chi connectivity index (χ0) is 34.4. The van der Waals surface area contributed by atoms with Crippen molar-refractivity contribution in [1.29, 1.82) is 0 Å². The van der Waals surface area contributed by atoms with E-state index in [2.05, 4.69) is 158 Å². The highest BCUT2D eigenvalue weighted by atomic mass is 15.1. The van der Waals surface area contributed by atoms with E-state index in [1.165, 1.54) is 100 Å². The molecule has 6 aromatic carbocycles. The van der Waals surface area contributed by atoms with Crippen molar-refractivity contribution in [3.8, 4) is 33.4 Å². The molecule has 1 nitrogen and oxygen atoms in total. The van der Waals surface area contributed by atoms with Crippen LogP contribution in [0.25, 0.3) is 33.4 Å². The Hall–Kier alpha value is -4.88. The minimum absolute atomic E-state index is 0.0824. The van der Waals surface area contributed by atoms with E-state index in [4.69, 9.17) is 0 Å². The summed E-state index contributed by atoms with van der Waals surface area (Å²) in [5, 5.41) is 0. The second-order valence-corrected chi connectivity index (χ2v) is 17.7. The zero-order valence-corrected chi connectivity index (χ0v) is 30.3. The first-order chi connectivity index (χ1) is 25.5. The lowest BCUT2D eigenvalue weighted by Gasteiger charge is -2.54. The summed E-state index contributed by atoms with van der Waals surface area (Å²) in [6, 6.07) is 53.5. The minimum Gasteiger partial charge on any atom is -0.309 e. The Labute approximate surface area is 308 Å². The molecule has 12 rings (SSSR count). The van der Waals surface area contributed by atoms with Crippen molar-refractivity contribution < 1.29 is 0 Å². The number of fused-ring (bicyclic) bond motifs is 12. The van der Waals surface area contributed by atoms with Gasteiger partial charge in [-0.2, -0.15) is 0 Å². The van der Waals surface area contributed by atoms with Crippen LogP contribution < -0.4 is 4.90 Å². The molecule has 6 atom stereocenters. The van der Waals surface area contributed by atoms with Gasteiger partial charge >= 0.3 is 0 Å². The third-order valence-corrected chi connectivity index (χ3v) is 15.5. The fourth-order valence-electron chi connectivity index (χ4n) is 13.6. The normalized spacial score (nSPS) is 28.8. The molecule has 0 radical (unpaired) electrons.